The first-order valence-corrected chi connectivity index (χ1v) is 9.54. The number of nitrogens with zero attached hydrogens (tertiary/aromatic N) is 1. The Bertz CT molecular complexity index is 919. The predicted molar refractivity (Wildman–Crippen MR) is 106 cm³/mol. The number of aromatic nitrogens is 1. The molecule has 25 heavy (non-hydrogen) atoms. The van der Waals surface area contributed by atoms with Gasteiger partial charge >= 0.3 is 5.97 Å². The molecule has 0 fully saturated rings. The zero-order valence-electron chi connectivity index (χ0n) is 14.5. The standard InChI is InChI=1S/C20H20ClNO2S/c1-4-25-19(13-9-5-7-11-15(13)21)17-14-10-6-8-12-16(14)22(2)18(17)20(23)24-3/h5-12,19H,4H2,1-3H3. The van der Waals surface area contributed by atoms with E-state index in [1.807, 2.05) is 54.1 Å². The molecule has 1 heterocycles. The number of rotatable bonds is 5. The Morgan fingerprint density at radius 1 is 1.20 bits per heavy atom. The quantitative estimate of drug-likeness (QED) is 0.556. The second kappa shape index (κ2) is 7.54. The number of benzene rings is 2. The van der Waals surface area contributed by atoms with E-state index in [4.69, 9.17) is 16.3 Å². The van der Waals surface area contributed by atoms with E-state index in [1.165, 1.54) is 7.11 Å². The fourth-order valence-electron chi connectivity index (χ4n) is 3.21. The lowest BCUT2D eigenvalue weighted by Gasteiger charge is -2.19. The smallest absolute Gasteiger partial charge is 0.355 e. The van der Waals surface area contributed by atoms with Crippen LogP contribution in [0, 0.1) is 0 Å². The van der Waals surface area contributed by atoms with Crippen LogP contribution >= 0.6 is 23.4 Å². The fourth-order valence-corrected chi connectivity index (χ4v) is 4.65. The SMILES string of the molecule is CCSC(c1ccccc1Cl)c1c(C(=O)OC)n(C)c2ccccc12. The monoisotopic (exact) mass is 373 g/mol. The third-order valence-electron chi connectivity index (χ3n) is 4.31. The summed E-state index contributed by atoms with van der Waals surface area (Å²) in [7, 11) is 3.32. The molecule has 1 unspecified atom stereocenters. The van der Waals surface area contributed by atoms with Crippen molar-refractivity contribution in [3.8, 4) is 0 Å². The highest BCUT2D eigenvalue weighted by molar-refractivity contribution is 7.99. The van der Waals surface area contributed by atoms with Crippen LogP contribution in [-0.4, -0.2) is 23.4 Å². The molecule has 5 heteroatoms. The summed E-state index contributed by atoms with van der Waals surface area (Å²) in [5, 5.41) is 1.72. The number of esters is 1. The van der Waals surface area contributed by atoms with E-state index in [0.717, 1.165) is 27.8 Å². The number of para-hydroxylation sites is 1. The summed E-state index contributed by atoms with van der Waals surface area (Å²) in [6, 6.07) is 15.9. The van der Waals surface area contributed by atoms with Gasteiger partial charge in [-0.25, -0.2) is 4.79 Å². The Kier molecular flexibility index (Phi) is 5.40. The predicted octanol–water partition coefficient (Wildman–Crippen LogP) is 5.46. The van der Waals surface area contributed by atoms with Crippen LogP contribution in [0.4, 0.5) is 0 Å². The molecule has 0 N–H and O–H groups in total. The molecule has 0 aliphatic heterocycles. The average molecular weight is 374 g/mol. The van der Waals surface area contributed by atoms with E-state index in [2.05, 4.69) is 13.0 Å². The minimum Gasteiger partial charge on any atom is -0.464 e. The van der Waals surface area contributed by atoms with Crippen molar-refractivity contribution in [3.05, 3.63) is 70.4 Å². The van der Waals surface area contributed by atoms with Crippen LogP contribution in [0.15, 0.2) is 48.5 Å². The largest absolute Gasteiger partial charge is 0.464 e. The van der Waals surface area contributed by atoms with Crippen LogP contribution in [0.1, 0.15) is 33.8 Å². The van der Waals surface area contributed by atoms with Crippen molar-refractivity contribution in [1.29, 1.82) is 0 Å². The molecule has 3 rings (SSSR count). The van der Waals surface area contributed by atoms with Crippen LogP contribution in [-0.2, 0) is 11.8 Å². The molecule has 0 aliphatic carbocycles. The van der Waals surface area contributed by atoms with Crippen molar-refractivity contribution in [2.24, 2.45) is 7.05 Å². The van der Waals surface area contributed by atoms with Gasteiger partial charge in [-0.1, -0.05) is 54.9 Å². The van der Waals surface area contributed by atoms with Crippen LogP contribution in [0.25, 0.3) is 10.9 Å². The summed E-state index contributed by atoms with van der Waals surface area (Å²) in [4.78, 5) is 12.6. The highest BCUT2D eigenvalue weighted by Crippen LogP contribution is 2.44. The molecule has 0 amide bonds. The van der Waals surface area contributed by atoms with Gasteiger partial charge in [0.15, 0.2) is 0 Å². The Morgan fingerprint density at radius 2 is 1.88 bits per heavy atom. The Labute approximate surface area is 156 Å². The van der Waals surface area contributed by atoms with E-state index < -0.39 is 0 Å². The van der Waals surface area contributed by atoms with E-state index in [1.54, 1.807) is 11.8 Å². The first-order valence-electron chi connectivity index (χ1n) is 8.11. The molecule has 0 spiro atoms. The van der Waals surface area contributed by atoms with Gasteiger partial charge in [0, 0.05) is 28.5 Å². The van der Waals surface area contributed by atoms with Crippen molar-refractivity contribution in [1.82, 2.24) is 4.57 Å². The lowest BCUT2D eigenvalue weighted by molar-refractivity contribution is 0.0589. The Balaban J connectivity index is 2.34. The lowest BCUT2D eigenvalue weighted by atomic mass is 10.0. The Morgan fingerprint density at radius 3 is 2.56 bits per heavy atom. The van der Waals surface area contributed by atoms with Gasteiger partial charge in [-0.3, -0.25) is 0 Å². The summed E-state index contributed by atoms with van der Waals surface area (Å²) in [6.45, 7) is 2.11. The van der Waals surface area contributed by atoms with Gasteiger partial charge in [0.2, 0.25) is 0 Å². The number of fused-ring (bicyclic) bond motifs is 1. The number of ether oxygens (including phenoxy) is 1. The number of methoxy groups -OCH3 is 1. The van der Waals surface area contributed by atoms with Gasteiger partial charge in [-0.2, -0.15) is 0 Å². The van der Waals surface area contributed by atoms with E-state index in [9.17, 15) is 4.79 Å². The number of thioether (sulfide) groups is 1. The molecule has 0 saturated carbocycles. The highest BCUT2D eigenvalue weighted by atomic mass is 35.5. The van der Waals surface area contributed by atoms with Crippen molar-refractivity contribution in [3.63, 3.8) is 0 Å². The first-order chi connectivity index (χ1) is 12.1. The zero-order chi connectivity index (χ0) is 18.0. The number of aryl methyl sites for hydroxylation is 1. The summed E-state index contributed by atoms with van der Waals surface area (Å²) in [6.07, 6.45) is 0. The molecule has 3 nitrogen and oxygen atoms in total. The molecule has 1 aromatic heterocycles. The number of halogens is 1. The molecule has 1 atom stereocenters. The topological polar surface area (TPSA) is 31.2 Å². The maximum absolute atomic E-state index is 12.6. The van der Waals surface area contributed by atoms with E-state index in [0.29, 0.717) is 10.7 Å². The summed E-state index contributed by atoms with van der Waals surface area (Å²) < 4.78 is 6.99. The molecule has 0 radical (unpaired) electrons. The first kappa shape index (κ1) is 17.9. The molecule has 2 aromatic carbocycles. The lowest BCUT2D eigenvalue weighted by Crippen LogP contribution is -2.12. The van der Waals surface area contributed by atoms with Gasteiger partial charge in [0.1, 0.15) is 5.69 Å². The maximum atomic E-state index is 12.6. The molecule has 130 valence electrons. The Hall–Kier alpha value is -1.91. The van der Waals surface area contributed by atoms with Gasteiger partial charge in [-0.15, -0.1) is 11.8 Å². The van der Waals surface area contributed by atoms with Crippen molar-refractivity contribution >= 4 is 40.2 Å². The normalized spacial score (nSPS) is 12.3. The molecule has 0 saturated heterocycles. The van der Waals surface area contributed by atoms with Crippen LogP contribution in [0.2, 0.25) is 5.02 Å². The van der Waals surface area contributed by atoms with E-state index in [-0.39, 0.29) is 11.2 Å². The number of hydrogen-bond donors (Lipinski definition) is 0. The van der Waals surface area contributed by atoms with Crippen LogP contribution < -0.4 is 0 Å². The van der Waals surface area contributed by atoms with Crippen molar-refractivity contribution in [2.75, 3.05) is 12.9 Å². The highest BCUT2D eigenvalue weighted by Gasteiger charge is 2.29. The maximum Gasteiger partial charge on any atom is 0.355 e. The van der Waals surface area contributed by atoms with E-state index >= 15 is 0 Å². The summed E-state index contributed by atoms with van der Waals surface area (Å²) >= 11 is 8.25. The molecule has 0 bridgehead atoms. The minimum absolute atomic E-state index is 0.0427. The third-order valence-corrected chi connectivity index (χ3v) is 5.81. The second-order valence-electron chi connectivity index (χ2n) is 5.69. The van der Waals surface area contributed by atoms with Gasteiger partial charge < -0.3 is 9.30 Å². The van der Waals surface area contributed by atoms with Crippen LogP contribution in [0.5, 0.6) is 0 Å². The van der Waals surface area contributed by atoms with Gasteiger partial charge in [-0.05, 0) is 23.4 Å². The summed E-state index contributed by atoms with van der Waals surface area (Å²) in [5.74, 6) is 0.571. The molecule has 3 aromatic rings. The third kappa shape index (κ3) is 3.16. The average Bonchev–Trinajstić information content (AvgIpc) is 2.93. The number of carbonyl (C=O) groups is 1. The van der Waals surface area contributed by atoms with Gasteiger partial charge in [0.05, 0.1) is 12.4 Å². The zero-order valence-corrected chi connectivity index (χ0v) is 16.0. The molecule has 0 aliphatic rings. The minimum atomic E-state index is -0.331. The molecular weight excluding hydrogens is 354 g/mol. The van der Waals surface area contributed by atoms with Crippen molar-refractivity contribution < 1.29 is 9.53 Å². The van der Waals surface area contributed by atoms with Gasteiger partial charge in [0.25, 0.3) is 0 Å². The van der Waals surface area contributed by atoms with Crippen LogP contribution in [0.3, 0.4) is 0 Å². The number of hydrogen-bond acceptors (Lipinski definition) is 3. The number of carbonyl (C=O) groups excluding carboxylic acids is 1. The van der Waals surface area contributed by atoms with Crippen molar-refractivity contribution in [2.45, 2.75) is 12.2 Å². The molecular formula is C20H20ClNO2S. The fraction of sp³-hybridized carbons (Fsp3) is 0.250. The second-order valence-corrected chi connectivity index (χ2v) is 7.48. The summed E-state index contributed by atoms with van der Waals surface area (Å²) in [5.41, 5.74) is 3.56.